The maximum absolute atomic E-state index is 10.6. The molecule has 1 fully saturated rings. The van der Waals surface area contributed by atoms with Crippen LogP contribution in [-0.4, -0.2) is 76.3 Å². The first-order valence-corrected chi connectivity index (χ1v) is 16.7. The Kier molecular flexibility index (Phi) is 13.8. The minimum atomic E-state index is -1.31. The molecule has 0 amide bonds. The molecule has 246 valence electrons. The number of aliphatic hydroxyl groups is 1. The SMILES string of the molecule is CCCCO[C@H]1[C@H](OCCCC)[C@@H](CO)OC(OC)(c2ccc(CC)c(Cc3ccc4c(c3)OCCO4)c2)[C@@H]1OCCCC. The minimum Gasteiger partial charge on any atom is -0.486 e. The molecule has 4 rings (SSSR count). The van der Waals surface area contributed by atoms with Crippen molar-refractivity contribution in [1.82, 2.24) is 0 Å². The topological polar surface area (TPSA) is 84.8 Å². The van der Waals surface area contributed by atoms with E-state index in [2.05, 4.69) is 58.0 Å². The molecule has 8 nitrogen and oxygen atoms in total. The van der Waals surface area contributed by atoms with E-state index in [0.717, 1.165) is 67.6 Å². The van der Waals surface area contributed by atoms with Crippen molar-refractivity contribution in [2.75, 3.05) is 46.8 Å². The number of rotatable bonds is 18. The van der Waals surface area contributed by atoms with Crippen molar-refractivity contribution in [2.45, 2.75) is 109 Å². The van der Waals surface area contributed by atoms with Crippen LogP contribution in [0.5, 0.6) is 11.5 Å². The Hall–Kier alpha value is -2.20. The number of ether oxygens (including phenoxy) is 7. The Morgan fingerprint density at radius 3 is 2.07 bits per heavy atom. The summed E-state index contributed by atoms with van der Waals surface area (Å²) in [5.74, 6) is 0.254. The molecule has 0 saturated carbocycles. The van der Waals surface area contributed by atoms with Crippen molar-refractivity contribution in [3.05, 3.63) is 58.7 Å². The second-order valence-corrected chi connectivity index (χ2v) is 11.7. The van der Waals surface area contributed by atoms with Gasteiger partial charge >= 0.3 is 0 Å². The molecule has 0 aromatic heterocycles. The molecule has 1 N–H and O–H groups in total. The fourth-order valence-corrected chi connectivity index (χ4v) is 6.06. The minimum absolute atomic E-state index is 0.228. The molecule has 5 atom stereocenters. The van der Waals surface area contributed by atoms with Crippen molar-refractivity contribution < 1.29 is 38.3 Å². The van der Waals surface area contributed by atoms with Crippen LogP contribution in [0, 0.1) is 0 Å². The lowest BCUT2D eigenvalue weighted by Crippen LogP contribution is -2.66. The summed E-state index contributed by atoms with van der Waals surface area (Å²) in [6.45, 7) is 11.1. The molecule has 0 spiro atoms. The van der Waals surface area contributed by atoms with Gasteiger partial charge in [0.15, 0.2) is 11.5 Å². The Morgan fingerprint density at radius 1 is 0.773 bits per heavy atom. The number of hydrogen-bond acceptors (Lipinski definition) is 8. The third-order valence-corrected chi connectivity index (χ3v) is 8.58. The van der Waals surface area contributed by atoms with Crippen LogP contribution in [0.15, 0.2) is 36.4 Å². The maximum Gasteiger partial charge on any atom is 0.225 e. The lowest BCUT2D eigenvalue weighted by atomic mass is 9.85. The first-order valence-electron chi connectivity index (χ1n) is 16.7. The van der Waals surface area contributed by atoms with Gasteiger partial charge < -0.3 is 38.3 Å². The number of unbranched alkanes of at least 4 members (excludes halogenated alkanes) is 3. The molecule has 1 saturated heterocycles. The molecule has 2 aliphatic heterocycles. The molecule has 0 aliphatic carbocycles. The maximum atomic E-state index is 10.6. The van der Waals surface area contributed by atoms with Gasteiger partial charge in [-0.3, -0.25) is 0 Å². The highest BCUT2D eigenvalue weighted by atomic mass is 16.7. The second kappa shape index (κ2) is 17.5. The molecular formula is C36H54O8. The van der Waals surface area contributed by atoms with Gasteiger partial charge in [-0.15, -0.1) is 0 Å². The van der Waals surface area contributed by atoms with Crippen LogP contribution in [-0.2, 0) is 42.3 Å². The molecule has 2 aromatic rings. The van der Waals surface area contributed by atoms with E-state index in [0.29, 0.717) is 39.5 Å². The van der Waals surface area contributed by atoms with Gasteiger partial charge in [-0.2, -0.15) is 0 Å². The lowest BCUT2D eigenvalue weighted by molar-refractivity contribution is -0.381. The van der Waals surface area contributed by atoms with Crippen molar-refractivity contribution in [2.24, 2.45) is 0 Å². The lowest BCUT2D eigenvalue weighted by Gasteiger charge is -2.52. The Labute approximate surface area is 264 Å². The largest absolute Gasteiger partial charge is 0.486 e. The summed E-state index contributed by atoms with van der Waals surface area (Å²) in [6, 6.07) is 12.5. The summed E-state index contributed by atoms with van der Waals surface area (Å²) in [4.78, 5) is 0. The number of benzene rings is 2. The zero-order chi connectivity index (χ0) is 31.4. The fraction of sp³-hybridized carbons (Fsp3) is 0.667. The highest BCUT2D eigenvalue weighted by Crippen LogP contribution is 2.44. The highest BCUT2D eigenvalue weighted by Gasteiger charge is 2.58. The zero-order valence-corrected chi connectivity index (χ0v) is 27.5. The molecule has 2 heterocycles. The number of aliphatic hydroxyl groups excluding tert-OH is 1. The third kappa shape index (κ3) is 8.14. The molecular weight excluding hydrogens is 560 g/mol. The van der Waals surface area contributed by atoms with Crippen molar-refractivity contribution in [3.63, 3.8) is 0 Å². The Bertz CT molecular complexity index is 1140. The summed E-state index contributed by atoms with van der Waals surface area (Å²) >= 11 is 0. The van der Waals surface area contributed by atoms with E-state index in [9.17, 15) is 5.11 Å². The average Bonchev–Trinajstić information content (AvgIpc) is 3.05. The van der Waals surface area contributed by atoms with Gasteiger partial charge in [-0.1, -0.05) is 65.2 Å². The third-order valence-electron chi connectivity index (χ3n) is 8.58. The van der Waals surface area contributed by atoms with Crippen LogP contribution >= 0.6 is 0 Å². The van der Waals surface area contributed by atoms with Gasteiger partial charge in [0.2, 0.25) is 5.79 Å². The average molecular weight is 615 g/mol. The number of aryl methyl sites for hydroxylation is 1. The summed E-state index contributed by atoms with van der Waals surface area (Å²) in [7, 11) is 1.65. The predicted octanol–water partition coefficient (Wildman–Crippen LogP) is 6.36. The van der Waals surface area contributed by atoms with Crippen LogP contribution in [0.4, 0.5) is 0 Å². The van der Waals surface area contributed by atoms with Crippen LogP contribution in [0.3, 0.4) is 0 Å². The normalized spacial score (nSPS) is 24.9. The van der Waals surface area contributed by atoms with Crippen LogP contribution in [0.1, 0.15) is 88.5 Å². The predicted molar refractivity (Wildman–Crippen MR) is 171 cm³/mol. The first-order chi connectivity index (χ1) is 21.5. The summed E-state index contributed by atoms with van der Waals surface area (Å²) in [6.07, 6.45) is 5.06. The molecule has 0 bridgehead atoms. The van der Waals surface area contributed by atoms with E-state index in [1.54, 1.807) is 7.11 Å². The van der Waals surface area contributed by atoms with Crippen LogP contribution in [0.25, 0.3) is 0 Å². The fourth-order valence-electron chi connectivity index (χ4n) is 6.06. The van der Waals surface area contributed by atoms with E-state index >= 15 is 0 Å². The van der Waals surface area contributed by atoms with E-state index in [-0.39, 0.29) is 6.61 Å². The molecule has 2 aromatic carbocycles. The van der Waals surface area contributed by atoms with E-state index in [1.807, 2.05) is 6.07 Å². The van der Waals surface area contributed by atoms with Crippen LogP contribution < -0.4 is 9.47 Å². The van der Waals surface area contributed by atoms with E-state index in [4.69, 9.17) is 33.2 Å². The standard InChI is InChI=1S/C36H54O8/c1-6-10-17-41-33-32(25-37)44-36(38-5,35(43-19-12-8-3)34(33)42-18-11-7-2)29-15-14-27(9-4)28(24-29)22-26-13-16-30-31(23-26)40-21-20-39-30/h13-16,23-24,32-35,37H,6-12,17-22,25H2,1-5H3/t32-,33-,34+,35-,36?/m1/s1. The Balaban J connectivity index is 1.75. The molecule has 1 unspecified atom stereocenters. The van der Waals surface area contributed by atoms with Gasteiger partial charge in [0, 0.05) is 32.5 Å². The molecule has 44 heavy (non-hydrogen) atoms. The van der Waals surface area contributed by atoms with Crippen molar-refractivity contribution in [3.8, 4) is 11.5 Å². The quantitative estimate of drug-likeness (QED) is 0.194. The monoisotopic (exact) mass is 614 g/mol. The van der Waals surface area contributed by atoms with Gasteiger partial charge in [-0.05, 0) is 67.0 Å². The van der Waals surface area contributed by atoms with Gasteiger partial charge in [0.1, 0.15) is 37.6 Å². The van der Waals surface area contributed by atoms with E-state index in [1.165, 1.54) is 11.1 Å². The van der Waals surface area contributed by atoms with E-state index < -0.39 is 30.2 Å². The smallest absolute Gasteiger partial charge is 0.225 e. The van der Waals surface area contributed by atoms with Gasteiger partial charge in [-0.25, -0.2) is 0 Å². The van der Waals surface area contributed by atoms with Gasteiger partial charge in [0.05, 0.1) is 6.61 Å². The summed E-state index contributed by atoms with van der Waals surface area (Å²) in [5, 5.41) is 10.6. The number of methoxy groups -OCH3 is 1. The number of hydrogen-bond donors (Lipinski definition) is 1. The molecule has 0 radical (unpaired) electrons. The van der Waals surface area contributed by atoms with Crippen LogP contribution in [0.2, 0.25) is 0 Å². The van der Waals surface area contributed by atoms with Crippen molar-refractivity contribution in [1.29, 1.82) is 0 Å². The summed E-state index contributed by atoms with van der Waals surface area (Å²) < 4.78 is 44.4. The van der Waals surface area contributed by atoms with Gasteiger partial charge in [0.25, 0.3) is 0 Å². The van der Waals surface area contributed by atoms with Crippen molar-refractivity contribution >= 4 is 0 Å². The zero-order valence-electron chi connectivity index (χ0n) is 27.5. The summed E-state index contributed by atoms with van der Waals surface area (Å²) in [5.41, 5.74) is 4.37. The highest BCUT2D eigenvalue weighted by molar-refractivity contribution is 5.46. The molecule has 8 heteroatoms. The first kappa shape index (κ1) is 34.7. The Morgan fingerprint density at radius 2 is 1.43 bits per heavy atom. The molecule has 2 aliphatic rings. The number of fused-ring (bicyclic) bond motifs is 1. The second-order valence-electron chi connectivity index (χ2n) is 11.7.